The maximum atomic E-state index is 6.53. The van der Waals surface area contributed by atoms with Gasteiger partial charge in [0, 0.05) is 49.6 Å². The van der Waals surface area contributed by atoms with Gasteiger partial charge in [0.25, 0.3) is 0 Å². The number of benzene rings is 5. The zero-order valence-corrected chi connectivity index (χ0v) is 27.7. The first-order chi connectivity index (χ1) is 22.8. The van der Waals surface area contributed by atoms with Crippen LogP contribution in [0, 0.1) is 12.1 Å². The quantitative estimate of drug-likeness (QED) is 0.167. The van der Waals surface area contributed by atoms with Crippen LogP contribution in [0.5, 0.6) is 11.5 Å². The van der Waals surface area contributed by atoms with Crippen LogP contribution in [0.25, 0.3) is 75.4 Å². The second-order valence-corrected chi connectivity index (χ2v) is 12.4. The fourth-order valence-electron chi connectivity index (χ4n) is 6.77. The minimum Gasteiger partial charge on any atom is -0.509 e. The van der Waals surface area contributed by atoms with Gasteiger partial charge in [-0.15, -0.1) is 46.4 Å². The Kier molecular flexibility index (Phi) is 6.49. The van der Waals surface area contributed by atoms with E-state index in [-0.39, 0.29) is 21.1 Å². The van der Waals surface area contributed by atoms with Gasteiger partial charge < -0.3 is 13.9 Å². The van der Waals surface area contributed by atoms with Crippen LogP contribution in [0.15, 0.2) is 134 Å². The predicted molar refractivity (Wildman–Crippen MR) is 188 cm³/mol. The van der Waals surface area contributed by atoms with Gasteiger partial charge >= 0.3 is 21.1 Å². The summed E-state index contributed by atoms with van der Waals surface area (Å²) in [6.07, 6.45) is 3.65. The van der Waals surface area contributed by atoms with Gasteiger partial charge in [-0.2, -0.15) is 12.1 Å². The van der Waals surface area contributed by atoms with Gasteiger partial charge in [-0.05, 0) is 53.2 Å². The number of rotatable bonds is 4. The van der Waals surface area contributed by atoms with E-state index in [0.29, 0.717) is 11.5 Å². The van der Waals surface area contributed by atoms with E-state index >= 15 is 0 Å². The number of ether oxygens (including phenoxy) is 1. The maximum absolute atomic E-state index is 6.53. The number of nitrogens with zero attached hydrogens (tertiary/aromatic N) is 4. The van der Waals surface area contributed by atoms with Crippen molar-refractivity contribution in [2.45, 2.75) is 0 Å². The van der Waals surface area contributed by atoms with Crippen molar-refractivity contribution in [3.8, 4) is 23.1 Å². The topological polar surface area (TPSA) is 44.9 Å². The average molecular weight is 802 g/mol. The Bertz CT molecular complexity index is 2780. The molecule has 0 fully saturated rings. The molecule has 10 aromatic rings. The van der Waals surface area contributed by atoms with Crippen LogP contribution in [0.1, 0.15) is 0 Å². The largest absolute Gasteiger partial charge is 2.00 e. The molecule has 5 aromatic heterocycles. The molecule has 0 aliphatic heterocycles. The molecule has 224 valence electrons. The zero-order valence-electron chi connectivity index (χ0n) is 24.6. The normalized spacial score (nSPS) is 11.7. The summed E-state index contributed by atoms with van der Waals surface area (Å²) in [5.41, 5.74) is 4.03. The molecule has 0 unspecified atom stereocenters. The summed E-state index contributed by atoms with van der Waals surface area (Å²) in [5, 5.41) is 6.97. The molecule has 0 bridgehead atoms. The maximum Gasteiger partial charge on any atom is 2.00 e. The van der Waals surface area contributed by atoms with E-state index < -0.39 is 0 Å². The van der Waals surface area contributed by atoms with Crippen molar-refractivity contribution >= 4 is 75.1 Å². The van der Waals surface area contributed by atoms with E-state index in [2.05, 4.69) is 99.0 Å². The van der Waals surface area contributed by atoms with Crippen LogP contribution in [0.3, 0.4) is 0 Å². The zero-order chi connectivity index (χ0) is 30.2. The third-order valence-corrected chi connectivity index (χ3v) is 9.82. The SMILES string of the molecule is [Pt+2].[c-]1c(Oc2[c-]c3c(cc2)c2ccc4sc5ccccc5c4c2n3-c2ccccn2)ccc2c3ccccc3n(-c3ccccn3)c12. The van der Waals surface area contributed by atoms with Crippen molar-refractivity contribution in [3.63, 3.8) is 0 Å². The van der Waals surface area contributed by atoms with Crippen LogP contribution >= 0.6 is 11.3 Å². The third-order valence-electron chi connectivity index (χ3n) is 8.68. The van der Waals surface area contributed by atoms with Crippen molar-refractivity contribution < 1.29 is 25.8 Å². The first kappa shape index (κ1) is 28.0. The molecule has 0 aliphatic carbocycles. The summed E-state index contributed by atoms with van der Waals surface area (Å²) >= 11 is 1.82. The molecule has 5 heterocycles. The summed E-state index contributed by atoms with van der Waals surface area (Å²) in [5.74, 6) is 2.89. The van der Waals surface area contributed by atoms with Gasteiger partial charge in [0.05, 0.1) is 5.52 Å². The second-order valence-electron chi connectivity index (χ2n) is 11.3. The molecule has 5 aromatic carbocycles. The number of hydrogen-bond acceptors (Lipinski definition) is 4. The van der Waals surface area contributed by atoms with Crippen molar-refractivity contribution in [2.75, 3.05) is 0 Å². The minimum atomic E-state index is 0. The molecule has 0 amide bonds. The van der Waals surface area contributed by atoms with E-state index in [0.717, 1.165) is 55.2 Å². The molecule has 0 aliphatic rings. The summed E-state index contributed by atoms with van der Waals surface area (Å²) in [4.78, 5) is 9.44. The Labute approximate surface area is 287 Å². The van der Waals surface area contributed by atoms with E-state index in [1.807, 2.05) is 72.3 Å². The van der Waals surface area contributed by atoms with E-state index in [9.17, 15) is 0 Å². The molecule has 10 rings (SSSR count). The average Bonchev–Trinajstić information content (AvgIpc) is 3.76. The summed E-state index contributed by atoms with van der Waals surface area (Å²) in [6.45, 7) is 0. The number of thiophene rings is 1. The second kappa shape index (κ2) is 10.9. The predicted octanol–water partition coefficient (Wildman–Crippen LogP) is 10.4. The summed E-state index contributed by atoms with van der Waals surface area (Å²) < 4.78 is 13.4. The number of aromatic nitrogens is 4. The van der Waals surface area contributed by atoms with E-state index in [1.165, 1.54) is 20.2 Å². The molecular formula is C40H22N4OPtS. The first-order valence-electron chi connectivity index (χ1n) is 15.1. The van der Waals surface area contributed by atoms with Crippen LogP contribution in [0.2, 0.25) is 0 Å². The number of pyridine rings is 2. The monoisotopic (exact) mass is 801 g/mol. The molecular weight excluding hydrogens is 780 g/mol. The molecule has 7 heteroatoms. The summed E-state index contributed by atoms with van der Waals surface area (Å²) in [6, 6.07) is 48.8. The molecule has 47 heavy (non-hydrogen) atoms. The number of para-hydroxylation sites is 1. The summed E-state index contributed by atoms with van der Waals surface area (Å²) in [7, 11) is 0. The molecule has 0 atom stereocenters. The standard InChI is InChI=1S/C40H22N4OS.Pt/c1-3-11-32-27(9-1)28-17-15-25(23-33(28)43(32)37-13-5-7-21-41-37)45-26-16-18-29-30-19-20-36-39(31-10-2-4-12-35(31)46-36)40(30)44(34(29)24-26)38-14-6-8-22-42-38;/h1-22H;/q-2;+2. The minimum absolute atomic E-state index is 0. The third kappa shape index (κ3) is 4.26. The molecule has 5 nitrogen and oxygen atoms in total. The fraction of sp³-hybridized carbons (Fsp3) is 0. The van der Waals surface area contributed by atoms with Crippen molar-refractivity contribution in [1.82, 2.24) is 19.1 Å². The van der Waals surface area contributed by atoms with Gasteiger partial charge in [0.15, 0.2) is 0 Å². The van der Waals surface area contributed by atoms with Crippen molar-refractivity contribution in [3.05, 3.63) is 146 Å². The van der Waals surface area contributed by atoms with Gasteiger partial charge in [-0.25, -0.2) is 9.97 Å². The fourth-order valence-corrected chi connectivity index (χ4v) is 7.88. The smallest absolute Gasteiger partial charge is 0.509 e. The van der Waals surface area contributed by atoms with Crippen molar-refractivity contribution in [2.24, 2.45) is 0 Å². The van der Waals surface area contributed by atoms with Crippen LogP contribution in [0.4, 0.5) is 0 Å². The Morgan fingerprint density at radius 2 is 1.11 bits per heavy atom. The molecule has 0 saturated heterocycles. The van der Waals surface area contributed by atoms with E-state index in [1.54, 1.807) is 0 Å². The first-order valence-corrected chi connectivity index (χ1v) is 15.9. The van der Waals surface area contributed by atoms with Gasteiger partial charge in [-0.3, -0.25) is 0 Å². The Hall–Kier alpha value is -5.29. The van der Waals surface area contributed by atoms with Gasteiger partial charge in [-0.1, -0.05) is 65.6 Å². The molecule has 0 spiro atoms. The van der Waals surface area contributed by atoms with Crippen LogP contribution in [-0.4, -0.2) is 19.1 Å². The van der Waals surface area contributed by atoms with Crippen LogP contribution in [-0.2, 0) is 21.1 Å². The molecule has 0 radical (unpaired) electrons. The van der Waals surface area contributed by atoms with Crippen molar-refractivity contribution in [1.29, 1.82) is 0 Å². The Morgan fingerprint density at radius 1 is 0.511 bits per heavy atom. The van der Waals surface area contributed by atoms with Gasteiger partial charge in [0.1, 0.15) is 11.6 Å². The van der Waals surface area contributed by atoms with E-state index in [4.69, 9.17) is 9.72 Å². The Balaban J connectivity index is 0.00000302. The number of fused-ring (bicyclic) bond motifs is 10. The number of hydrogen-bond donors (Lipinski definition) is 0. The van der Waals surface area contributed by atoms with Crippen LogP contribution < -0.4 is 4.74 Å². The molecule has 0 N–H and O–H groups in total. The Morgan fingerprint density at radius 3 is 1.83 bits per heavy atom. The van der Waals surface area contributed by atoms with Gasteiger partial charge in [0.2, 0.25) is 0 Å². The molecule has 0 saturated carbocycles.